The number of furan rings is 1. The van der Waals surface area contributed by atoms with Crippen molar-refractivity contribution in [1.29, 1.82) is 0 Å². The third-order valence-electron chi connectivity index (χ3n) is 3.71. The Morgan fingerprint density at radius 2 is 1.92 bits per heavy atom. The number of hydrogen-bond donors (Lipinski definition) is 1. The van der Waals surface area contributed by atoms with Crippen LogP contribution in [-0.2, 0) is 4.79 Å². The normalized spacial score (nSPS) is 11.0. The van der Waals surface area contributed by atoms with Gasteiger partial charge in [-0.05, 0) is 42.8 Å². The maximum absolute atomic E-state index is 12.4. The van der Waals surface area contributed by atoms with Crippen molar-refractivity contribution in [3.63, 3.8) is 0 Å². The molecule has 0 aliphatic heterocycles. The van der Waals surface area contributed by atoms with Crippen LogP contribution >= 0.6 is 0 Å². The summed E-state index contributed by atoms with van der Waals surface area (Å²) in [6.07, 6.45) is 3.17. The lowest BCUT2D eigenvalue weighted by atomic mass is 10.1. The van der Waals surface area contributed by atoms with E-state index in [1.54, 1.807) is 24.3 Å². The molecule has 0 spiro atoms. The van der Waals surface area contributed by atoms with Gasteiger partial charge in [-0.3, -0.25) is 9.59 Å². The lowest BCUT2D eigenvalue weighted by Crippen LogP contribution is -2.05. The van der Waals surface area contributed by atoms with Gasteiger partial charge in [-0.2, -0.15) is 0 Å². The van der Waals surface area contributed by atoms with Crippen LogP contribution in [0.5, 0.6) is 5.75 Å². The van der Waals surface area contributed by atoms with E-state index in [1.807, 2.05) is 37.3 Å². The number of benzene rings is 2. The van der Waals surface area contributed by atoms with Gasteiger partial charge in [0, 0.05) is 18.0 Å². The molecule has 2 aromatic carbocycles. The summed E-state index contributed by atoms with van der Waals surface area (Å²) >= 11 is 0. The van der Waals surface area contributed by atoms with Gasteiger partial charge < -0.3 is 14.5 Å². The fourth-order valence-corrected chi connectivity index (χ4v) is 2.56. The van der Waals surface area contributed by atoms with Crippen LogP contribution in [0.1, 0.15) is 30.0 Å². The third-order valence-corrected chi connectivity index (χ3v) is 3.71. The van der Waals surface area contributed by atoms with E-state index >= 15 is 0 Å². The Morgan fingerprint density at radius 3 is 2.62 bits per heavy atom. The second-order valence-corrected chi connectivity index (χ2v) is 5.72. The fourth-order valence-electron chi connectivity index (χ4n) is 2.56. The Kier molecular flexibility index (Phi) is 5.17. The number of hydrogen-bond acceptors (Lipinski definition) is 4. The highest BCUT2D eigenvalue weighted by Gasteiger charge is 2.13. The zero-order valence-corrected chi connectivity index (χ0v) is 14.6. The van der Waals surface area contributed by atoms with Crippen LogP contribution in [-0.4, -0.2) is 18.3 Å². The number of ketones is 1. The molecule has 1 amide bonds. The molecule has 0 saturated carbocycles. The van der Waals surface area contributed by atoms with Crippen molar-refractivity contribution in [2.75, 3.05) is 11.9 Å². The molecule has 1 N–H and O–H groups in total. The standard InChI is InChI=1S/C21H19NO4/c1-3-25-19-6-4-5-16-13-20(26-21(16)19)18(24)12-9-15-7-10-17(11-8-15)22-14(2)23/h4-13H,3H2,1-2H3,(H,22,23)/b12-9+. The summed E-state index contributed by atoms with van der Waals surface area (Å²) in [5, 5.41) is 3.52. The second-order valence-electron chi connectivity index (χ2n) is 5.72. The quantitative estimate of drug-likeness (QED) is 0.518. The van der Waals surface area contributed by atoms with Crippen molar-refractivity contribution in [2.45, 2.75) is 13.8 Å². The van der Waals surface area contributed by atoms with Gasteiger partial charge in [0.2, 0.25) is 11.7 Å². The summed E-state index contributed by atoms with van der Waals surface area (Å²) in [6, 6.07) is 14.5. The molecule has 1 aromatic heterocycles. The first-order chi connectivity index (χ1) is 12.6. The molecule has 0 atom stereocenters. The highest BCUT2D eigenvalue weighted by molar-refractivity contribution is 6.07. The highest BCUT2D eigenvalue weighted by Crippen LogP contribution is 2.29. The number of amides is 1. The molecule has 0 aliphatic carbocycles. The van der Waals surface area contributed by atoms with Crippen LogP contribution < -0.4 is 10.1 Å². The van der Waals surface area contributed by atoms with Crippen LogP contribution in [0.15, 0.2) is 59.0 Å². The number of carbonyl (C=O) groups is 2. The Morgan fingerprint density at radius 1 is 1.15 bits per heavy atom. The molecule has 0 fully saturated rings. The van der Waals surface area contributed by atoms with E-state index in [-0.39, 0.29) is 17.5 Å². The highest BCUT2D eigenvalue weighted by atomic mass is 16.5. The Hall–Kier alpha value is -3.34. The third kappa shape index (κ3) is 4.00. The van der Waals surface area contributed by atoms with Gasteiger partial charge in [0.1, 0.15) is 0 Å². The largest absolute Gasteiger partial charge is 0.490 e. The monoisotopic (exact) mass is 349 g/mol. The van der Waals surface area contributed by atoms with Gasteiger partial charge in [-0.1, -0.05) is 30.3 Å². The number of fused-ring (bicyclic) bond motifs is 1. The Bertz CT molecular complexity index is 967. The van der Waals surface area contributed by atoms with Crippen LogP contribution in [0, 0.1) is 0 Å². The van der Waals surface area contributed by atoms with Crippen molar-refractivity contribution in [1.82, 2.24) is 0 Å². The van der Waals surface area contributed by atoms with Crippen molar-refractivity contribution in [3.8, 4) is 5.75 Å². The Labute approximate surface area is 151 Å². The van der Waals surface area contributed by atoms with E-state index in [2.05, 4.69) is 5.32 Å². The molecular weight excluding hydrogens is 330 g/mol. The van der Waals surface area contributed by atoms with Gasteiger partial charge in [0.05, 0.1) is 6.61 Å². The first kappa shape index (κ1) is 17.5. The van der Waals surface area contributed by atoms with E-state index in [0.717, 1.165) is 10.9 Å². The number of rotatable bonds is 6. The van der Waals surface area contributed by atoms with E-state index in [0.29, 0.717) is 23.6 Å². The minimum absolute atomic E-state index is 0.125. The maximum atomic E-state index is 12.4. The lowest BCUT2D eigenvalue weighted by Gasteiger charge is -2.02. The summed E-state index contributed by atoms with van der Waals surface area (Å²) in [5.74, 6) is 0.536. The number of allylic oxidation sites excluding steroid dienone is 1. The number of ether oxygens (including phenoxy) is 1. The smallest absolute Gasteiger partial charge is 0.221 e. The maximum Gasteiger partial charge on any atom is 0.221 e. The molecular formula is C21H19NO4. The molecule has 3 rings (SSSR count). The van der Waals surface area contributed by atoms with Gasteiger partial charge in [0.25, 0.3) is 0 Å². The molecule has 0 bridgehead atoms. The summed E-state index contributed by atoms with van der Waals surface area (Å²) in [5.41, 5.74) is 2.13. The molecule has 3 aromatic rings. The van der Waals surface area contributed by atoms with E-state index in [4.69, 9.17) is 9.15 Å². The van der Waals surface area contributed by atoms with E-state index < -0.39 is 0 Å². The van der Waals surface area contributed by atoms with E-state index in [1.165, 1.54) is 13.0 Å². The molecule has 1 heterocycles. The van der Waals surface area contributed by atoms with Gasteiger partial charge >= 0.3 is 0 Å². The first-order valence-electron chi connectivity index (χ1n) is 8.32. The molecule has 0 unspecified atom stereocenters. The van der Waals surface area contributed by atoms with Crippen LogP contribution in [0.3, 0.4) is 0 Å². The van der Waals surface area contributed by atoms with Crippen LogP contribution in [0.2, 0.25) is 0 Å². The number of nitrogens with one attached hydrogen (secondary N) is 1. The predicted octanol–water partition coefficient (Wildman–Crippen LogP) is 4.69. The zero-order valence-electron chi connectivity index (χ0n) is 14.6. The average Bonchev–Trinajstić information content (AvgIpc) is 3.06. The van der Waals surface area contributed by atoms with Crippen molar-refractivity contribution in [3.05, 3.63) is 65.9 Å². The molecule has 0 saturated heterocycles. The number of carbonyl (C=O) groups excluding carboxylic acids is 2. The minimum Gasteiger partial charge on any atom is -0.490 e. The summed E-state index contributed by atoms with van der Waals surface area (Å²) in [6.45, 7) is 3.88. The topological polar surface area (TPSA) is 68.5 Å². The Balaban J connectivity index is 1.77. The summed E-state index contributed by atoms with van der Waals surface area (Å²) in [7, 11) is 0. The average molecular weight is 349 g/mol. The molecule has 5 nitrogen and oxygen atoms in total. The van der Waals surface area contributed by atoms with E-state index in [9.17, 15) is 9.59 Å². The van der Waals surface area contributed by atoms with Gasteiger partial charge in [0.15, 0.2) is 17.1 Å². The minimum atomic E-state index is -0.227. The van der Waals surface area contributed by atoms with Crippen molar-refractivity contribution in [2.24, 2.45) is 0 Å². The molecule has 132 valence electrons. The van der Waals surface area contributed by atoms with Crippen LogP contribution in [0.4, 0.5) is 5.69 Å². The summed E-state index contributed by atoms with van der Waals surface area (Å²) in [4.78, 5) is 23.4. The second kappa shape index (κ2) is 7.70. The van der Waals surface area contributed by atoms with Gasteiger partial charge in [-0.25, -0.2) is 0 Å². The van der Waals surface area contributed by atoms with Crippen molar-refractivity contribution < 1.29 is 18.7 Å². The predicted molar refractivity (Wildman–Crippen MR) is 101 cm³/mol. The lowest BCUT2D eigenvalue weighted by molar-refractivity contribution is -0.114. The summed E-state index contributed by atoms with van der Waals surface area (Å²) < 4.78 is 11.2. The SMILES string of the molecule is CCOc1cccc2cc(C(=O)/C=C/c3ccc(NC(C)=O)cc3)oc12. The fraction of sp³-hybridized carbons (Fsp3) is 0.143. The molecule has 0 aliphatic rings. The molecule has 5 heteroatoms. The molecule has 26 heavy (non-hydrogen) atoms. The molecule has 0 radical (unpaired) electrons. The number of anilines is 1. The number of para-hydroxylation sites is 1. The first-order valence-corrected chi connectivity index (χ1v) is 8.32. The van der Waals surface area contributed by atoms with Crippen LogP contribution in [0.25, 0.3) is 17.0 Å². The van der Waals surface area contributed by atoms with Gasteiger partial charge in [-0.15, -0.1) is 0 Å². The van der Waals surface area contributed by atoms with Crippen molar-refractivity contribution >= 4 is 34.4 Å². The zero-order chi connectivity index (χ0) is 18.5.